The number of methoxy groups -OCH3 is 1. The largest absolute Gasteiger partial charge is 0.497 e. The summed E-state index contributed by atoms with van der Waals surface area (Å²) < 4.78 is 16.3. The second-order valence-electron chi connectivity index (χ2n) is 7.44. The van der Waals surface area contributed by atoms with E-state index in [1.54, 1.807) is 55.8 Å². The maximum Gasteiger partial charge on any atom is 0.343 e. The number of hydrogen-bond acceptors (Lipinski definition) is 6. The molecule has 0 aliphatic heterocycles. The summed E-state index contributed by atoms with van der Waals surface area (Å²) in [6.07, 6.45) is 7.69. The molecule has 0 unspecified atom stereocenters. The number of hydrazone groups is 1. The highest BCUT2D eigenvalue weighted by molar-refractivity contribution is 7.80. The number of esters is 1. The predicted octanol–water partition coefficient (Wildman–Crippen LogP) is 4.44. The normalized spacial score (nSPS) is 14.1. The number of carbonyl (C=O) groups is 1. The van der Waals surface area contributed by atoms with E-state index >= 15 is 0 Å². The molecule has 0 bridgehead atoms. The standard InChI is InChI=1S/C24H29N3O4S/c1-3-30-22-15-17(16-25-27-24(32)26-19-7-5-4-6-8-19)9-14-21(22)31-23(28)18-10-12-20(29-2)13-11-18/h9-16,19H,3-8H2,1-2H3,(H2,26,27,32)/b25-16-. The molecule has 0 spiro atoms. The van der Waals surface area contributed by atoms with Crippen LogP contribution in [0.4, 0.5) is 0 Å². The number of rotatable bonds is 8. The van der Waals surface area contributed by atoms with Crippen LogP contribution >= 0.6 is 12.2 Å². The monoisotopic (exact) mass is 455 g/mol. The summed E-state index contributed by atoms with van der Waals surface area (Å²) >= 11 is 5.32. The molecular weight excluding hydrogens is 426 g/mol. The maximum absolute atomic E-state index is 12.5. The van der Waals surface area contributed by atoms with Crippen LogP contribution in [-0.4, -0.2) is 37.1 Å². The lowest BCUT2D eigenvalue weighted by Crippen LogP contribution is -2.40. The lowest BCUT2D eigenvalue weighted by atomic mass is 9.96. The zero-order valence-electron chi connectivity index (χ0n) is 18.4. The van der Waals surface area contributed by atoms with Crippen LogP contribution in [0, 0.1) is 0 Å². The van der Waals surface area contributed by atoms with Crippen molar-refractivity contribution in [3.8, 4) is 17.2 Å². The third kappa shape index (κ3) is 6.95. The van der Waals surface area contributed by atoms with Crippen LogP contribution in [0.25, 0.3) is 0 Å². The van der Waals surface area contributed by atoms with Gasteiger partial charge in [-0.1, -0.05) is 19.3 Å². The van der Waals surface area contributed by atoms with E-state index in [0.717, 1.165) is 18.4 Å². The molecule has 0 radical (unpaired) electrons. The molecule has 0 saturated heterocycles. The fourth-order valence-electron chi connectivity index (χ4n) is 3.47. The molecule has 0 aromatic heterocycles. The zero-order chi connectivity index (χ0) is 22.8. The minimum Gasteiger partial charge on any atom is -0.497 e. The van der Waals surface area contributed by atoms with Crippen molar-refractivity contribution in [1.82, 2.24) is 10.7 Å². The van der Waals surface area contributed by atoms with Gasteiger partial charge in [0.25, 0.3) is 0 Å². The lowest BCUT2D eigenvalue weighted by Gasteiger charge is -2.23. The van der Waals surface area contributed by atoms with Crippen molar-refractivity contribution in [1.29, 1.82) is 0 Å². The molecule has 1 fully saturated rings. The van der Waals surface area contributed by atoms with E-state index in [0.29, 0.717) is 40.6 Å². The van der Waals surface area contributed by atoms with Crippen LogP contribution in [0.2, 0.25) is 0 Å². The Bertz CT molecular complexity index is 941. The van der Waals surface area contributed by atoms with Crippen LogP contribution in [0.15, 0.2) is 47.6 Å². The van der Waals surface area contributed by atoms with Gasteiger partial charge in [0.15, 0.2) is 16.6 Å². The Balaban J connectivity index is 1.60. The molecule has 32 heavy (non-hydrogen) atoms. The van der Waals surface area contributed by atoms with Gasteiger partial charge in [-0.15, -0.1) is 0 Å². The van der Waals surface area contributed by atoms with E-state index in [-0.39, 0.29) is 0 Å². The highest BCUT2D eigenvalue weighted by Gasteiger charge is 2.14. The zero-order valence-corrected chi connectivity index (χ0v) is 19.2. The molecule has 2 N–H and O–H groups in total. The van der Waals surface area contributed by atoms with Crippen molar-refractivity contribution in [3.63, 3.8) is 0 Å². The van der Waals surface area contributed by atoms with Gasteiger partial charge in [0.2, 0.25) is 0 Å². The van der Waals surface area contributed by atoms with E-state index in [9.17, 15) is 4.79 Å². The first kappa shape index (κ1) is 23.5. The van der Waals surface area contributed by atoms with Gasteiger partial charge < -0.3 is 19.5 Å². The first-order valence-electron chi connectivity index (χ1n) is 10.8. The Morgan fingerprint density at radius 3 is 2.56 bits per heavy atom. The van der Waals surface area contributed by atoms with Gasteiger partial charge >= 0.3 is 5.97 Å². The van der Waals surface area contributed by atoms with Gasteiger partial charge in [-0.2, -0.15) is 5.10 Å². The average Bonchev–Trinajstić information content (AvgIpc) is 2.81. The summed E-state index contributed by atoms with van der Waals surface area (Å²) in [5, 5.41) is 8.03. The Morgan fingerprint density at radius 2 is 1.88 bits per heavy atom. The maximum atomic E-state index is 12.5. The predicted molar refractivity (Wildman–Crippen MR) is 129 cm³/mol. The summed E-state index contributed by atoms with van der Waals surface area (Å²) in [5.41, 5.74) is 4.06. The van der Waals surface area contributed by atoms with E-state index < -0.39 is 5.97 Å². The topological polar surface area (TPSA) is 81.2 Å². The lowest BCUT2D eigenvalue weighted by molar-refractivity contribution is 0.0728. The molecule has 0 heterocycles. The Hall–Kier alpha value is -3.13. The summed E-state index contributed by atoms with van der Waals surface area (Å²) in [6, 6.07) is 12.4. The number of ether oxygens (including phenoxy) is 3. The smallest absolute Gasteiger partial charge is 0.343 e. The number of thiocarbonyl (C=S) groups is 1. The fourth-order valence-corrected chi connectivity index (χ4v) is 3.69. The highest BCUT2D eigenvalue weighted by Crippen LogP contribution is 2.29. The Kier molecular flexibility index (Phi) is 8.86. The van der Waals surface area contributed by atoms with Crippen LogP contribution < -0.4 is 25.0 Å². The van der Waals surface area contributed by atoms with Crippen molar-refractivity contribution in [2.75, 3.05) is 13.7 Å². The number of benzene rings is 2. The molecule has 8 heteroatoms. The van der Waals surface area contributed by atoms with Crippen molar-refractivity contribution in [2.45, 2.75) is 45.1 Å². The number of nitrogens with zero attached hydrogens (tertiary/aromatic N) is 1. The van der Waals surface area contributed by atoms with Crippen LogP contribution in [0.1, 0.15) is 54.9 Å². The van der Waals surface area contributed by atoms with E-state index in [1.807, 2.05) is 6.92 Å². The summed E-state index contributed by atoms with van der Waals surface area (Å²) in [7, 11) is 1.57. The molecule has 1 saturated carbocycles. The Morgan fingerprint density at radius 1 is 1.12 bits per heavy atom. The van der Waals surface area contributed by atoms with Gasteiger partial charge in [0, 0.05) is 6.04 Å². The highest BCUT2D eigenvalue weighted by atomic mass is 32.1. The summed E-state index contributed by atoms with van der Waals surface area (Å²) in [6.45, 7) is 2.30. The van der Waals surface area contributed by atoms with Crippen LogP contribution in [0.5, 0.6) is 17.2 Å². The minimum atomic E-state index is -0.476. The van der Waals surface area contributed by atoms with Crippen LogP contribution in [-0.2, 0) is 0 Å². The SMILES string of the molecule is CCOc1cc(/C=N\NC(=S)NC2CCCCC2)ccc1OC(=O)c1ccc(OC)cc1. The van der Waals surface area contributed by atoms with Gasteiger partial charge in [0.05, 0.1) is 25.5 Å². The van der Waals surface area contributed by atoms with Crippen molar-refractivity contribution >= 4 is 29.5 Å². The second-order valence-corrected chi connectivity index (χ2v) is 7.84. The molecule has 0 amide bonds. The number of nitrogens with one attached hydrogen (secondary N) is 2. The molecule has 0 atom stereocenters. The van der Waals surface area contributed by atoms with Crippen molar-refractivity contribution in [2.24, 2.45) is 5.10 Å². The number of hydrogen-bond donors (Lipinski definition) is 2. The molecule has 1 aliphatic rings. The third-order valence-corrected chi connectivity index (χ3v) is 5.33. The molecule has 2 aromatic carbocycles. The van der Waals surface area contributed by atoms with Gasteiger partial charge in [-0.25, -0.2) is 4.79 Å². The summed E-state index contributed by atoms with van der Waals surface area (Å²) in [5.74, 6) is 0.992. The molecular formula is C24H29N3O4S. The van der Waals surface area contributed by atoms with Gasteiger partial charge in [-0.3, -0.25) is 5.43 Å². The number of carbonyl (C=O) groups excluding carboxylic acids is 1. The fraction of sp³-hybridized carbons (Fsp3) is 0.375. The van der Waals surface area contributed by atoms with Gasteiger partial charge in [-0.05, 0) is 80.0 Å². The van der Waals surface area contributed by atoms with E-state index in [4.69, 9.17) is 26.4 Å². The van der Waals surface area contributed by atoms with Crippen LogP contribution in [0.3, 0.4) is 0 Å². The third-order valence-electron chi connectivity index (χ3n) is 5.12. The molecule has 3 rings (SSSR count). The van der Waals surface area contributed by atoms with E-state index in [2.05, 4.69) is 15.8 Å². The molecule has 1 aliphatic carbocycles. The molecule has 7 nitrogen and oxygen atoms in total. The van der Waals surface area contributed by atoms with E-state index in [1.165, 1.54) is 19.3 Å². The summed E-state index contributed by atoms with van der Waals surface area (Å²) in [4.78, 5) is 12.5. The quantitative estimate of drug-likeness (QED) is 0.200. The molecule has 170 valence electrons. The average molecular weight is 456 g/mol. The molecule has 2 aromatic rings. The first-order chi connectivity index (χ1) is 15.6. The van der Waals surface area contributed by atoms with Crippen molar-refractivity contribution in [3.05, 3.63) is 53.6 Å². The minimum absolute atomic E-state index is 0.340. The second kappa shape index (κ2) is 12.0. The first-order valence-corrected chi connectivity index (χ1v) is 11.2. The van der Waals surface area contributed by atoms with Gasteiger partial charge in [0.1, 0.15) is 5.75 Å². The van der Waals surface area contributed by atoms with Crippen molar-refractivity contribution < 1.29 is 19.0 Å². The Labute approximate surface area is 194 Å².